The van der Waals surface area contributed by atoms with Crippen LogP contribution in [0.1, 0.15) is 57.6 Å². The van der Waals surface area contributed by atoms with Crippen LogP contribution in [0.2, 0.25) is 0 Å². The van der Waals surface area contributed by atoms with Crippen LogP contribution in [0.25, 0.3) is 0 Å². The third-order valence-corrected chi connectivity index (χ3v) is 3.08. The van der Waals surface area contributed by atoms with Crippen LogP contribution in [0.15, 0.2) is 21.5 Å². The Kier molecular flexibility index (Phi) is 7.47. The van der Waals surface area contributed by atoms with Crippen LogP contribution in [0, 0.1) is 0 Å². The van der Waals surface area contributed by atoms with Gasteiger partial charge in [-0.2, -0.15) is 0 Å². The summed E-state index contributed by atoms with van der Waals surface area (Å²) in [7, 11) is 0. The van der Waals surface area contributed by atoms with Gasteiger partial charge in [-0.05, 0) is 6.42 Å². The summed E-state index contributed by atoms with van der Waals surface area (Å²) in [6.45, 7) is 2.35. The van der Waals surface area contributed by atoms with E-state index in [-0.39, 0.29) is 12.5 Å². The maximum absolute atomic E-state index is 11.6. The predicted octanol–water partition coefficient (Wildman–Crippen LogP) is 2.71. The summed E-state index contributed by atoms with van der Waals surface area (Å²) < 4.78 is 4.99. The van der Waals surface area contributed by atoms with Gasteiger partial charge in [-0.1, -0.05) is 39.0 Å². The second-order valence-electron chi connectivity index (χ2n) is 4.89. The smallest absolute Gasteiger partial charge is 0.226 e. The number of carbonyl (C=O) groups is 1. The van der Waals surface area contributed by atoms with E-state index in [9.17, 15) is 9.59 Å². The Morgan fingerprint density at radius 2 is 1.95 bits per heavy atom. The van der Waals surface area contributed by atoms with Gasteiger partial charge in [0.25, 0.3) is 0 Å². The zero-order valence-corrected chi connectivity index (χ0v) is 12.0. The molecule has 0 saturated carbocycles. The molecule has 1 amide bonds. The lowest BCUT2D eigenvalue weighted by molar-refractivity contribution is -0.121. The number of nitrogens with one attached hydrogen (secondary N) is 1. The topological polar surface area (TPSA) is 79.5 Å². The first-order valence-corrected chi connectivity index (χ1v) is 7.21. The van der Waals surface area contributed by atoms with Crippen LogP contribution in [0.3, 0.4) is 0 Å². The van der Waals surface area contributed by atoms with Gasteiger partial charge in [0.05, 0.1) is 6.54 Å². The van der Waals surface area contributed by atoms with Crippen LogP contribution >= 0.6 is 0 Å². The van der Waals surface area contributed by atoms with E-state index in [0.29, 0.717) is 12.2 Å². The Morgan fingerprint density at radius 1 is 1.25 bits per heavy atom. The molecule has 1 aromatic heterocycles. The lowest BCUT2D eigenvalue weighted by Crippen LogP contribution is -2.22. The third kappa shape index (κ3) is 6.41. The molecule has 0 aliphatic heterocycles. The fourth-order valence-electron chi connectivity index (χ4n) is 1.88. The van der Waals surface area contributed by atoms with Gasteiger partial charge in [0.1, 0.15) is 12.0 Å². The van der Waals surface area contributed by atoms with Crippen molar-refractivity contribution < 1.29 is 14.3 Å². The van der Waals surface area contributed by atoms with E-state index in [4.69, 9.17) is 9.52 Å². The first-order chi connectivity index (χ1) is 9.63. The highest BCUT2D eigenvalue weighted by molar-refractivity contribution is 5.75. The molecule has 20 heavy (non-hydrogen) atoms. The minimum absolute atomic E-state index is 0.0452. The summed E-state index contributed by atoms with van der Waals surface area (Å²) in [5.41, 5.74) is -0.503. The average Bonchev–Trinajstić information content (AvgIpc) is 2.44. The molecule has 0 aliphatic rings. The van der Waals surface area contributed by atoms with Crippen molar-refractivity contribution in [1.29, 1.82) is 0 Å². The highest BCUT2D eigenvalue weighted by Gasteiger charge is 2.04. The molecular weight excluding hydrogens is 258 g/mol. The summed E-state index contributed by atoms with van der Waals surface area (Å²) in [6.07, 6.45) is 8.32. The SMILES string of the molecule is CCCCCCCCC(=O)NCc1cc(=O)c(O)co1. The molecule has 5 heteroatoms. The molecule has 2 N–H and O–H groups in total. The van der Waals surface area contributed by atoms with Crippen LogP contribution < -0.4 is 10.7 Å². The van der Waals surface area contributed by atoms with E-state index in [1.165, 1.54) is 31.7 Å². The number of carbonyl (C=O) groups excluding carboxylic acids is 1. The number of hydrogen-bond acceptors (Lipinski definition) is 4. The molecule has 0 radical (unpaired) electrons. The van der Waals surface area contributed by atoms with Gasteiger partial charge in [-0.3, -0.25) is 9.59 Å². The number of amides is 1. The molecule has 0 unspecified atom stereocenters. The molecule has 0 aromatic carbocycles. The van der Waals surface area contributed by atoms with Gasteiger partial charge >= 0.3 is 0 Å². The minimum atomic E-state index is -0.503. The van der Waals surface area contributed by atoms with E-state index in [1.807, 2.05) is 0 Å². The molecule has 0 aliphatic carbocycles. The van der Waals surface area contributed by atoms with Crippen LogP contribution in [0.5, 0.6) is 5.75 Å². The van der Waals surface area contributed by atoms with Gasteiger partial charge in [0.15, 0.2) is 5.75 Å². The van der Waals surface area contributed by atoms with E-state index < -0.39 is 11.2 Å². The van der Waals surface area contributed by atoms with Gasteiger partial charge in [-0.25, -0.2) is 0 Å². The summed E-state index contributed by atoms with van der Waals surface area (Å²) in [5.74, 6) is -0.132. The number of unbranched alkanes of at least 4 members (excludes halogenated alkanes) is 5. The molecule has 1 aromatic rings. The van der Waals surface area contributed by atoms with Gasteiger partial charge in [-0.15, -0.1) is 0 Å². The van der Waals surface area contributed by atoms with Gasteiger partial charge in [0, 0.05) is 12.5 Å². The Hall–Kier alpha value is -1.78. The molecule has 0 spiro atoms. The van der Waals surface area contributed by atoms with Gasteiger partial charge in [0.2, 0.25) is 11.3 Å². The van der Waals surface area contributed by atoms with E-state index in [2.05, 4.69) is 12.2 Å². The Labute approximate surface area is 119 Å². The molecule has 112 valence electrons. The number of hydrogen-bond donors (Lipinski definition) is 2. The first-order valence-electron chi connectivity index (χ1n) is 7.21. The van der Waals surface area contributed by atoms with Crippen LogP contribution in [0.4, 0.5) is 0 Å². The Balaban J connectivity index is 2.16. The Bertz CT molecular complexity index is 467. The number of aromatic hydroxyl groups is 1. The van der Waals surface area contributed by atoms with E-state index >= 15 is 0 Å². The summed E-state index contributed by atoms with van der Waals surface area (Å²) in [6, 6.07) is 1.18. The maximum Gasteiger partial charge on any atom is 0.226 e. The van der Waals surface area contributed by atoms with E-state index in [0.717, 1.165) is 19.1 Å². The number of rotatable bonds is 9. The largest absolute Gasteiger partial charge is 0.502 e. The predicted molar refractivity (Wildman–Crippen MR) is 76.5 cm³/mol. The van der Waals surface area contributed by atoms with Gasteiger partial charge < -0.3 is 14.8 Å². The second-order valence-corrected chi connectivity index (χ2v) is 4.89. The highest BCUT2D eigenvalue weighted by atomic mass is 16.4. The molecule has 5 nitrogen and oxygen atoms in total. The van der Waals surface area contributed by atoms with Crippen LogP contribution in [-0.2, 0) is 11.3 Å². The lowest BCUT2D eigenvalue weighted by Gasteiger charge is -2.04. The first kappa shape index (κ1) is 16.3. The normalized spacial score (nSPS) is 10.4. The summed E-state index contributed by atoms with van der Waals surface area (Å²) >= 11 is 0. The lowest BCUT2D eigenvalue weighted by atomic mass is 10.1. The summed E-state index contributed by atoms with van der Waals surface area (Å²) in [5, 5.41) is 11.7. The Morgan fingerprint density at radius 3 is 2.65 bits per heavy atom. The zero-order chi connectivity index (χ0) is 14.8. The fourth-order valence-corrected chi connectivity index (χ4v) is 1.88. The molecule has 0 fully saturated rings. The van der Waals surface area contributed by atoms with E-state index in [1.54, 1.807) is 0 Å². The molecule has 0 bridgehead atoms. The molecule has 0 atom stereocenters. The van der Waals surface area contributed by atoms with Crippen molar-refractivity contribution in [3.63, 3.8) is 0 Å². The highest BCUT2D eigenvalue weighted by Crippen LogP contribution is 2.07. The van der Waals surface area contributed by atoms with Crippen molar-refractivity contribution in [1.82, 2.24) is 5.32 Å². The monoisotopic (exact) mass is 281 g/mol. The maximum atomic E-state index is 11.6. The van der Waals surface area contributed by atoms with Crippen LogP contribution in [-0.4, -0.2) is 11.0 Å². The van der Waals surface area contributed by atoms with Crippen molar-refractivity contribution in [3.05, 3.63) is 28.3 Å². The standard InChI is InChI=1S/C15H23NO4/c1-2-3-4-5-6-7-8-15(19)16-10-12-9-13(17)14(18)11-20-12/h9,11,18H,2-8,10H2,1H3,(H,16,19). The molecule has 1 rings (SSSR count). The van der Waals surface area contributed by atoms with Crippen molar-refractivity contribution in [2.45, 2.75) is 58.4 Å². The summed E-state index contributed by atoms with van der Waals surface area (Å²) in [4.78, 5) is 22.7. The van der Waals surface area contributed by atoms with Crippen molar-refractivity contribution in [3.8, 4) is 5.75 Å². The van der Waals surface area contributed by atoms with Crippen molar-refractivity contribution in [2.75, 3.05) is 0 Å². The zero-order valence-electron chi connectivity index (χ0n) is 12.0. The molecule has 0 saturated heterocycles. The fraction of sp³-hybridized carbons (Fsp3) is 0.600. The quantitative estimate of drug-likeness (QED) is 0.682. The minimum Gasteiger partial charge on any atom is -0.502 e. The van der Waals surface area contributed by atoms with Crippen molar-refractivity contribution >= 4 is 5.91 Å². The second kappa shape index (κ2) is 9.18. The average molecular weight is 281 g/mol. The molecular formula is C15H23NO4. The third-order valence-electron chi connectivity index (χ3n) is 3.08. The molecule has 1 heterocycles. The van der Waals surface area contributed by atoms with Crippen molar-refractivity contribution in [2.24, 2.45) is 0 Å².